The molecular formula is C16H20N4O. The van der Waals surface area contributed by atoms with Crippen molar-refractivity contribution in [1.82, 2.24) is 19.9 Å². The molecule has 2 heterocycles. The van der Waals surface area contributed by atoms with Gasteiger partial charge in [0.2, 0.25) is 0 Å². The number of likely N-dealkylation sites (tertiary alicyclic amines) is 1. The van der Waals surface area contributed by atoms with Crippen molar-refractivity contribution < 1.29 is 4.79 Å². The normalized spacial score (nSPS) is 16.1. The van der Waals surface area contributed by atoms with Crippen molar-refractivity contribution in [2.75, 3.05) is 13.1 Å². The molecule has 1 aromatic heterocycles. The van der Waals surface area contributed by atoms with Gasteiger partial charge in [-0.15, -0.1) is 5.10 Å². The van der Waals surface area contributed by atoms with Crippen molar-refractivity contribution in [1.29, 1.82) is 0 Å². The monoisotopic (exact) mass is 284 g/mol. The first kappa shape index (κ1) is 13.8. The number of rotatable bonds is 4. The standard InChI is InChI=1S/C16H20N4O/c21-16(15-4-2-1-3-5-15)19-10-6-14(7-11-19)8-12-20-13-9-17-18-20/h1-5,9,13-14H,6-8,10-12H2. The van der Waals surface area contributed by atoms with E-state index in [9.17, 15) is 4.79 Å². The Morgan fingerprint density at radius 1 is 1.19 bits per heavy atom. The van der Waals surface area contributed by atoms with Crippen LogP contribution in [0.1, 0.15) is 29.6 Å². The van der Waals surface area contributed by atoms with E-state index < -0.39 is 0 Å². The Kier molecular flexibility index (Phi) is 4.28. The minimum absolute atomic E-state index is 0.158. The summed E-state index contributed by atoms with van der Waals surface area (Å²) in [6, 6.07) is 9.54. The maximum Gasteiger partial charge on any atom is 0.253 e. The summed E-state index contributed by atoms with van der Waals surface area (Å²) in [5, 5.41) is 7.80. The number of nitrogens with zero attached hydrogens (tertiary/aromatic N) is 4. The predicted octanol–water partition coefficient (Wildman–Crippen LogP) is 2.22. The zero-order valence-corrected chi connectivity index (χ0v) is 12.1. The molecule has 0 aliphatic carbocycles. The van der Waals surface area contributed by atoms with Gasteiger partial charge >= 0.3 is 0 Å². The molecule has 0 unspecified atom stereocenters. The third-order valence-corrected chi connectivity index (χ3v) is 4.16. The zero-order valence-electron chi connectivity index (χ0n) is 12.1. The van der Waals surface area contributed by atoms with Gasteiger partial charge in [0.15, 0.2) is 0 Å². The maximum absolute atomic E-state index is 12.4. The smallest absolute Gasteiger partial charge is 0.253 e. The van der Waals surface area contributed by atoms with E-state index in [-0.39, 0.29) is 5.91 Å². The summed E-state index contributed by atoms with van der Waals surface area (Å²) in [5.41, 5.74) is 0.790. The fourth-order valence-corrected chi connectivity index (χ4v) is 2.85. The van der Waals surface area contributed by atoms with Gasteiger partial charge in [-0.1, -0.05) is 23.4 Å². The molecule has 0 saturated carbocycles. The highest BCUT2D eigenvalue weighted by molar-refractivity contribution is 5.94. The first-order valence-electron chi connectivity index (χ1n) is 7.51. The summed E-state index contributed by atoms with van der Waals surface area (Å²) >= 11 is 0. The molecule has 0 bridgehead atoms. The fraction of sp³-hybridized carbons (Fsp3) is 0.438. The molecule has 1 aliphatic rings. The number of benzene rings is 1. The Morgan fingerprint density at radius 3 is 2.62 bits per heavy atom. The van der Waals surface area contributed by atoms with Crippen molar-refractivity contribution in [3.05, 3.63) is 48.3 Å². The summed E-state index contributed by atoms with van der Waals surface area (Å²) in [7, 11) is 0. The predicted molar refractivity (Wildman–Crippen MR) is 79.7 cm³/mol. The van der Waals surface area contributed by atoms with Crippen LogP contribution in [0, 0.1) is 5.92 Å². The van der Waals surface area contributed by atoms with Gasteiger partial charge in [-0.2, -0.15) is 0 Å². The highest BCUT2D eigenvalue weighted by atomic mass is 16.2. The number of carbonyl (C=O) groups excluding carboxylic acids is 1. The second-order valence-corrected chi connectivity index (χ2v) is 5.56. The first-order valence-corrected chi connectivity index (χ1v) is 7.51. The molecule has 1 fully saturated rings. The minimum Gasteiger partial charge on any atom is -0.339 e. The molecule has 1 saturated heterocycles. The second-order valence-electron chi connectivity index (χ2n) is 5.56. The lowest BCUT2D eigenvalue weighted by Crippen LogP contribution is -2.38. The molecule has 5 heteroatoms. The molecule has 5 nitrogen and oxygen atoms in total. The van der Waals surface area contributed by atoms with Crippen LogP contribution in [0.5, 0.6) is 0 Å². The number of aromatic nitrogens is 3. The van der Waals surface area contributed by atoms with E-state index in [1.165, 1.54) is 0 Å². The molecule has 0 atom stereocenters. The minimum atomic E-state index is 0.158. The lowest BCUT2D eigenvalue weighted by Gasteiger charge is -2.32. The summed E-state index contributed by atoms with van der Waals surface area (Å²) in [6.07, 6.45) is 6.87. The Balaban J connectivity index is 1.47. The number of aryl methyl sites for hydroxylation is 1. The van der Waals surface area contributed by atoms with E-state index in [2.05, 4.69) is 10.3 Å². The lowest BCUT2D eigenvalue weighted by atomic mass is 9.93. The Bertz CT molecular complexity index is 559. The molecule has 0 N–H and O–H groups in total. The molecule has 0 spiro atoms. The van der Waals surface area contributed by atoms with Crippen LogP contribution in [0.4, 0.5) is 0 Å². The molecule has 3 rings (SSSR count). The van der Waals surface area contributed by atoms with Gasteiger partial charge < -0.3 is 4.90 Å². The van der Waals surface area contributed by atoms with E-state index in [4.69, 9.17) is 0 Å². The number of carbonyl (C=O) groups is 1. The number of hydrogen-bond acceptors (Lipinski definition) is 3. The van der Waals surface area contributed by atoms with E-state index in [1.807, 2.05) is 46.1 Å². The molecule has 2 aromatic rings. The van der Waals surface area contributed by atoms with E-state index in [0.29, 0.717) is 5.92 Å². The van der Waals surface area contributed by atoms with Gasteiger partial charge in [-0.25, -0.2) is 0 Å². The highest BCUT2D eigenvalue weighted by Crippen LogP contribution is 2.22. The third kappa shape index (κ3) is 3.48. The molecule has 1 amide bonds. The van der Waals surface area contributed by atoms with Crippen molar-refractivity contribution in [2.24, 2.45) is 5.92 Å². The number of piperidine rings is 1. The van der Waals surface area contributed by atoms with Crippen LogP contribution < -0.4 is 0 Å². The van der Waals surface area contributed by atoms with Crippen LogP contribution in [-0.2, 0) is 6.54 Å². The van der Waals surface area contributed by atoms with E-state index >= 15 is 0 Å². The SMILES string of the molecule is O=C(c1ccccc1)N1CCC(CCn2ccnn2)CC1. The third-order valence-electron chi connectivity index (χ3n) is 4.16. The molecule has 0 radical (unpaired) electrons. The van der Waals surface area contributed by atoms with Crippen LogP contribution >= 0.6 is 0 Å². The maximum atomic E-state index is 12.4. The van der Waals surface area contributed by atoms with Crippen LogP contribution in [0.2, 0.25) is 0 Å². The van der Waals surface area contributed by atoms with Crippen LogP contribution in [0.25, 0.3) is 0 Å². The van der Waals surface area contributed by atoms with Gasteiger partial charge in [0.05, 0.1) is 6.20 Å². The van der Waals surface area contributed by atoms with Crippen molar-refractivity contribution in [3.8, 4) is 0 Å². The summed E-state index contributed by atoms with van der Waals surface area (Å²) < 4.78 is 1.88. The van der Waals surface area contributed by atoms with Gasteiger partial charge in [-0.05, 0) is 37.3 Å². The zero-order chi connectivity index (χ0) is 14.5. The Morgan fingerprint density at radius 2 is 1.95 bits per heavy atom. The quantitative estimate of drug-likeness (QED) is 0.865. The molecule has 21 heavy (non-hydrogen) atoms. The average Bonchev–Trinajstić information content (AvgIpc) is 3.07. The van der Waals surface area contributed by atoms with Crippen LogP contribution in [-0.4, -0.2) is 38.9 Å². The topological polar surface area (TPSA) is 51.0 Å². The highest BCUT2D eigenvalue weighted by Gasteiger charge is 2.23. The molecular weight excluding hydrogens is 264 g/mol. The summed E-state index contributed by atoms with van der Waals surface area (Å²) in [5.74, 6) is 0.833. The average molecular weight is 284 g/mol. The van der Waals surface area contributed by atoms with Crippen LogP contribution in [0.15, 0.2) is 42.7 Å². The lowest BCUT2D eigenvalue weighted by molar-refractivity contribution is 0.0684. The van der Waals surface area contributed by atoms with Gasteiger partial charge in [0.1, 0.15) is 0 Å². The van der Waals surface area contributed by atoms with E-state index in [1.54, 1.807) is 6.20 Å². The van der Waals surface area contributed by atoms with E-state index in [0.717, 1.165) is 44.5 Å². The van der Waals surface area contributed by atoms with Crippen molar-refractivity contribution in [3.63, 3.8) is 0 Å². The molecule has 1 aliphatic heterocycles. The van der Waals surface area contributed by atoms with Gasteiger partial charge in [0, 0.05) is 31.4 Å². The first-order chi connectivity index (χ1) is 10.3. The Hall–Kier alpha value is -2.17. The van der Waals surface area contributed by atoms with Crippen molar-refractivity contribution in [2.45, 2.75) is 25.8 Å². The van der Waals surface area contributed by atoms with Crippen molar-refractivity contribution >= 4 is 5.91 Å². The molecule has 110 valence electrons. The summed E-state index contributed by atoms with van der Waals surface area (Å²) in [6.45, 7) is 2.63. The number of hydrogen-bond donors (Lipinski definition) is 0. The van der Waals surface area contributed by atoms with Gasteiger partial charge in [-0.3, -0.25) is 9.48 Å². The Labute approximate surface area is 124 Å². The van der Waals surface area contributed by atoms with Gasteiger partial charge in [0.25, 0.3) is 5.91 Å². The summed E-state index contributed by atoms with van der Waals surface area (Å²) in [4.78, 5) is 14.3. The van der Waals surface area contributed by atoms with Crippen LogP contribution in [0.3, 0.4) is 0 Å². The largest absolute Gasteiger partial charge is 0.339 e. The second kappa shape index (κ2) is 6.52. The number of amides is 1. The molecule has 1 aromatic carbocycles. The fourth-order valence-electron chi connectivity index (χ4n) is 2.85.